The first-order valence-electron chi connectivity index (χ1n) is 7.60. The number of benzene rings is 2. The molecular formula is C19H17NO4. The van der Waals surface area contributed by atoms with Crippen LogP contribution in [0.1, 0.15) is 18.1 Å². The number of rotatable bonds is 5. The van der Waals surface area contributed by atoms with E-state index >= 15 is 0 Å². The normalized spacial score (nSPS) is 15.2. The van der Waals surface area contributed by atoms with Crippen LogP contribution in [0.15, 0.2) is 59.2 Å². The fourth-order valence-corrected chi connectivity index (χ4v) is 2.33. The van der Waals surface area contributed by atoms with Gasteiger partial charge in [0.25, 0.3) is 0 Å². The molecule has 0 saturated carbocycles. The Bertz CT molecular complexity index is 809. The summed E-state index contributed by atoms with van der Waals surface area (Å²) in [6.45, 7) is 2.48. The van der Waals surface area contributed by atoms with Crippen molar-refractivity contribution in [3.63, 3.8) is 0 Å². The third-order valence-corrected chi connectivity index (χ3v) is 3.45. The van der Waals surface area contributed by atoms with Crippen molar-refractivity contribution in [2.75, 3.05) is 13.7 Å². The van der Waals surface area contributed by atoms with Gasteiger partial charge in [-0.1, -0.05) is 18.2 Å². The number of cyclic esters (lactones) is 1. The maximum Gasteiger partial charge on any atom is 0.363 e. The molecule has 2 aromatic carbocycles. The van der Waals surface area contributed by atoms with Crippen molar-refractivity contribution >= 4 is 17.9 Å². The summed E-state index contributed by atoms with van der Waals surface area (Å²) in [5.74, 6) is 1.13. The van der Waals surface area contributed by atoms with E-state index in [9.17, 15) is 4.79 Å². The summed E-state index contributed by atoms with van der Waals surface area (Å²) in [5, 5.41) is 0. The lowest BCUT2D eigenvalue weighted by Gasteiger charge is -2.08. The van der Waals surface area contributed by atoms with Crippen molar-refractivity contribution in [2.45, 2.75) is 6.92 Å². The van der Waals surface area contributed by atoms with Gasteiger partial charge in [-0.05, 0) is 37.3 Å². The third-order valence-electron chi connectivity index (χ3n) is 3.45. The molecular weight excluding hydrogens is 306 g/mol. The predicted octanol–water partition coefficient (Wildman–Crippen LogP) is 3.44. The van der Waals surface area contributed by atoms with Gasteiger partial charge < -0.3 is 14.2 Å². The second kappa shape index (κ2) is 7.00. The van der Waals surface area contributed by atoms with E-state index in [4.69, 9.17) is 14.2 Å². The summed E-state index contributed by atoms with van der Waals surface area (Å²) >= 11 is 0. The number of esters is 1. The highest BCUT2D eigenvalue weighted by Crippen LogP contribution is 2.28. The Kier molecular flexibility index (Phi) is 4.61. The van der Waals surface area contributed by atoms with Crippen LogP contribution in [0.4, 0.5) is 0 Å². The van der Waals surface area contributed by atoms with Gasteiger partial charge in [0, 0.05) is 17.2 Å². The minimum Gasteiger partial charge on any atom is -0.496 e. The van der Waals surface area contributed by atoms with Crippen LogP contribution in [0.2, 0.25) is 0 Å². The molecule has 0 bridgehead atoms. The van der Waals surface area contributed by atoms with E-state index < -0.39 is 5.97 Å². The maximum absolute atomic E-state index is 12.1. The average molecular weight is 323 g/mol. The van der Waals surface area contributed by atoms with Gasteiger partial charge in [0.1, 0.15) is 11.5 Å². The zero-order valence-electron chi connectivity index (χ0n) is 13.5. The smallest absolute Gasteiger partial charge is 0.363 e. The highest BCUT2D eigenvalue weighted by Gasteiger charge is 2.24. The van der Waals surface area contributed by atoms with Gasteiger partial charge in [0.05, 0.1) is 13.7 Å². The molecule has 24 heavy (non-hydrogen) atoms. The highest BCUT2D eigenvalue weighted by molar-refractivity contribution is 6.12. The number of carbonyl (C=O) groups is 1. The Morgan fingerprint density at radius 2 is 1.96 bits per heavy atom. The Labute approximate surface area is 140 Å². The molecule has 5 nitrogen and oxygen atoms in total. The summed E-state index contributed by atoms with van der Waals surface area (Å²) in [5.41, 5.74) is 1.72. The van der Waals surface area contributed by atoms with Crippen molar-refractivity contribution < 1.29 is 19.0 Å². The zero-order valence-corrected chi connectivity index (χ0v) is 13.5. The fourth-order valence-electron chi connectivity index (χ4n) is 2.33. The molecule has 0 aliphatic carbocycles. The van der Waals surface area contributed by atoms with Crippen LogP contribution in [0, 0.1) is 0 Å². The summed E-state index contributed by atoms with van der Waals surface area (Å²) in [7, 11) is 1.57. The summed E-state index contributed by atoms with van der Waals surface area (Å²) in [6, 6.07) is 14.7. The molecule has 122 valence electrons. The lowest BCUT2D eigenvalue weighted by Crippen LogP contribution is -2.05. The molecule has 0 spiro atoms. The first-order chi connectivity index (χ1) is 11.7. The zero-order chi connectivity index (χ0) is 16.9. The number of ether oxygens (including phenoxy) is 3. The Balaban J connectivity index is 1.93. The number of hydrogen-bond acceptors (Lipinski definition) is 5. The second-order valence-corrected chi connectivity index (χ2v) is 5.04. The quantitative estimate of drug-likeness (QED) is 0.625. The highest BCUT2D eigenvalue weighted by atomic mass is 16.6. The van der Waals surface area contributed by atoms with Crippen LogP contribution in [0.5, 0.6) is 11.5 Å². The van der Waals surface area contributed by atoms with E-state index in [2.05, 4.69) is 4.99 Å². The van der Waals surface area contributed by atoms with Crippen molar-refractivity contribution in [1.29, 1.82) is 0 Å². The van der Waals surface area contributed by atoms with E-state index in [1.807, 2.05) is 49.4 Å². The molecule has 0 aromatic heterocycles. The fraction of sp³-hybridized carbons (Fsp3) is 0.158. The first-order valence-corrected chi connectivity index (χ1v) is 7.60. The van der Waals surface area contributed by atoms with E-state index in [1.165, 1.54) is 0 Å². The SMILES string of the molecule is CCOc1ccc(/C=C2/N=C(c3ccccc3)OC2=O)c(OC)c1. The summed E-state index contributed by atoms with van der Waals surface area (Å²) < 4.78 is 16.1. The van der Waals surface area contributed by atoms with Gasteiger partial charge in [-0.15, -0.1) is 0 Å². The molecule has 1 heterocycles. The molecule has 0 atom stereocenters. The Morgan fingerprint density at radius 1 is 1.17 bits per heavy atom. The van der Waals surface area contributed by atoms with Gasteiger partial charge in [-0.2, -0.15) is 0 Å². The van der Waals surface area contributed by atoms with Crippen LogP contribution in [0.25, 0.3) is 6.08 Å². The van der Waals surface area contributed by atoms with Crippen LogP contribution in [-0.4, -0.2) is 25.6 Å². The molecule has 0 saturated heterocycles. The molecule has 0 amide bonds. The standard InChI is InChI=1S/C19H17NO4/c1-3-23-15-10-9-14(17(12-15)22-2)11-16-19(21)24-18(20-16)13-7-5-4-6-8-13/h4-12H,3H2,1-2H3/b16-11+. The third kappa shape index (κ3) is 3.30. The molecule has 0 N–H and O–H groups in total. The molecule has 0 unspecified atom stereocenters. The van der Waals surface area contributed by atoms with Gasteiger partial charge >= 0.3 is 5.97 Å². The van der Waals surface area contributed by atoms with Gasteiger partial charge in [0.15, 0.2) is 5.70 Å². The number of nitrogens with zero attached hydrogens (tertiary/aromatic N) is 1. The largest absolute Gasteiger partial charge is 0.496 e. The van der Waals surface area contributed by atoms with E-state index in [0.717, 1.165) is 11.1 Å². The van der Waals surface area contributed by atoms with Crippen LogP contribution < -0.4 is 9.47 Å². The second-order valence-electron chi connectivity index (χ2n) is 5.04. The van der Waals surface area contributed by atoms with E-state index in [0.29, 0.717) is 24.0 Å². The number of hydrogen-bond donors (Lipinski definition) is 0. The maximum atomic E-state index is 12.1. The lowest BCUT2D eigenvalue weighted by molar-refractivity contribution is -0.129. The molecule has 2 aromatic rings. The topological polar surface area (TPSA) is 57.1 Å². The number of aliphatic imine (C=N–C) groups is 1. The first kappa shape index (κ1) is 15.8. The van der Waals surface area contributed by atoms with Crippen molar-refractivity contribution in [3.05, 3.63) is 65.4 Å². The summed E-state index contributed by atoms with van der Waals surface area (Å²) in [6.07, 6.45) is 1.65. The molecule has 1 aliphatic rings. The minimum atomic E-state index is -0.482. The molecule has 3 rings (SSSR count). The van der Waals surface area contributed by atoms with Crippen molar-refractivity contribution in [1.82, 2.24) is 0 Å². The number of carbonyl (C=O) groups excluding carboxylic acids is 1. The number of methoxy groups -OCH3 is 1. The van der Waals surface area contributed by atoms with Crippen molar-refractivity contribution in [2.24, 2.45) is 4.99 Å². The van der Waals surface area contributed by atoms with Crippen LogP contribution in [-0.2, 0) is 9.53 Å². The average Bonchev–Trinajstić information content (AvgIpc) is 2.98. The monoisotopic (exact) mass is 323 g/mol. The van der Waals surface area contributed by atoms with E-state index in [-0.39, 0.29) is 5.70 Å². The summed E-state index contributed by atoms with van der Waals surface area (Å²) in [4.78, 5) is 16.3. The van der Waals surface area contributed by atoms with Gasteiger partial charge in [-0.3, -0.25) is 0 Å². The Morgan fingerprint density at radius 3 is 2.67 bits per heavy atom. The van der Waals surface area contributed by atoms with Crippen LogP contribution >= 0.6 is 0 Å². The predicted molar refractivity (Wildman–Crippen MR) is 91.2 cm³/mol. The molecule has 0 fully saturated rings. The minimum absolute atomic E-state index is 0.233. The van der Waals surface area contributed by atoms with Crippen molar-refractivity contribution in [3.8, 4) is 11.5 Å². The van der Waals surface area contributed by atoms with Crippen LogP contribution in [0.3, 0.4) is 0 Å². The molecule has 0 radical (unpaired) electrons. The Hall–Kier alpha value is -3.08. The molecule has 5 heteroatoms. The van der Waals surface area contributed by atoms with E-state index in [1.54, 1.807) is 19.3 Å². The molecule has 1 aliphatic heterocycles. The van der Waals surface area contributed by atoms with Gasteiger partial charge in [0.2, 0.25) is 5.90 Å². The lowest BCUT2D eigenvalue weighted by atomic mass is 10.1. The van der Waals surface area contributed by atoms with Gasteiger partial charge in [-0.25, -0.2) is 9.79 Å².